The van der Waals surface area contributed by atoms with Crippen LogP contribution in [0.15, 0.2) is 0 Å². The molecule has 4 heteroatoms. The molecule has 0 atom stereocenters. The van der Waals surface area contributed by atoms with Crippen LogP contribution < -0.4 is 0 Å². The van der Waals surface area contributed by atoms with E-state index in [1.54, 1.807) is 4.90 Å². The van der Waals surface area contributed by atoms with Crippen molar-refractivity contribution in [1.29, 1.82) is 0 Å². The third-order valence-electron chi connectivity index (χ3n) is 1.17. The van der Waals surface area contributed by atoms with Crippen LogP contribution in [0.2, 0.25) is 0 Å². The number of nitrogens with zero attached hydrogens (tertiary/aromatic N) is 1. The molecule has 0 saturated heterocycles. The Morgan fingerprint density at radius 3 is 1.90 bits per heavy atom. The predicted molar refractivity (Wildman–Crippen MR) is 36.8 cm³/mol. The second-order valence-corrected chi connectivity index (χ2v) is 1.93. The minimum Gasteiger partial charge on any atom is -0.395 e. The summed E-state index contributed by atoms with van der Waals surface area (Å²) >= 11 is 0. The molecule has 0 aliphatic carbocycles. The SMILES string of the molecule is O[CH]CN(CCO)CCO. The summed E-state index contributed by atoms with van der Waals surface area (Å²) in [6.45, 7) is 2.46. The van der Waals surface area contributed by atoms with E-state index in [1.807, 2.05) is 0 Å². The van der Waals surface area contributed by atoms with E-state index < -0.39 is 0 Å². The van der Waals surface area contributed by atoms with Gasteiger partial charge in [0, 0.05) is 19.6 Å². The van der Waals surface area contributed by atoms with Gasteiger partial charge in [-0.3, -0.25) is 4.90 Å². The molecule has 0 aliphatic rings. The van der Waals surface area contributed by atoms with Crippen molar-refractivity contribution in [2.75, 3.05) is 32.8 Å². The molecule has 1 radical (unpaired) electrons. The van der Waals surface area contributed by atoms with Crippen molar-refractivity contribution >= 4 is 0 Å². The van der Waals surface area contributed by atoms with E-state index in [9.17, 15) is 0 Å². The first-order valence-electron chi connectivity index (χ1n) is 3.25. The van der Waals surface area contributed by atoms with Crippen LogP contribution >= 0.6 is 0 Å². The van der Waals surface area contributed by atoms with Gasteiger partial charge in [-0.05, 0) is 0 Å². The standard InChI is InChI=1S/C6H14NO3/c8-4-1-7(2-5-9)3-6-10/h4,8-10H,1-3,5-6H2. The molecule has 0 spiro atoms. The first kappa shape index (κ1) is 9.84. The normalized spacial score (nSPS) is 10.8. The number of aliphatic hydroxyl groups is 3. The lowest BCUT2D eigenvalue weighted by molar-refractivity contribution is 0.155. The summed E-state index contributed by atoms with van der Waals surface area (Å²) in [6.07, 6.45) is 0. The van der Waals surface area contributed by atoms with Crippen molar-refractivity contribution < 1.29 is 15.3 Å². The molecule has 0 fully saturated rings. The molecule has 0 rings (SSSR count). The topological polar surface area (TPSA) is 63.9 Å². The molecule has 0 heterocycles. The summed E-state index contributed by atoms with van der Waals surface area (Å²) in [5.41, 5.74) is 0. The molecule has 0 unspecified atom stereocenters. The molecule has 4 nitrogen and oxygen atoms in total. The van der Waals surface area contributed by atoms with Gasteiger partial charge in [-0.2, -0.15) is 0 Å². The Hall–Kier alpha value is -0.160. The maximum atomic E-state index is 8.47. The fourth-order valence-electron chi connectivity index (χ4n) is 0.693. The largest absolute Gasteiger partial charge is 0.395 e. The highest BCUT2D eigenvalue weighted by Crippen LogP contribution is 1.86. The molecule has 3 N–H and O–H groups in total. The van der Waals surface area contributed by atoms with Crippen LogP contribution in [0.1, 0.15) is 0 Å². The van der Waals surface area contributed by atoms with Gasteiger partial charge in [-0.1, -0.05) is 0 Å². The Balaban J connectivity index is 3.30. The number of aliphatic hydroxyl groups excluding tert-OH is 3. The maximum absolute atomic E-state index is 8.47. The van der Waals surface area contributed by atoms with Crippen LogP contribution in [0.3, 0.4) is 0 Å². The zero-order valence-electron chi connectivity index (χ0n) is 5.90. The molecular formula is C6H14NO3. The molecular weight excluding hydrogens is 134 g/mol. The average molecular weight is 148 g/mol. The predicted octanol–water partition coefficient (Wildman–Crippen LogP) is -1.19. The summed E-state index contributed by atoms with van der Waals surface area (Å²) in [7, 11) is 0. The lowest BCUT2D eigenvalue weighted by atomic mass is 10.4. The summed E-state index contributed by atoms with van der Waals surface area (Å²) in [5, 5.41) is 25.3. The second-order valence-electron chi connectivity index (χ2n) is 1.93. The lowest BCUT2D eigenvalue weighted by Gasteiger charge is -2.17. The van der Waals surface area contributed by atoms with Crippen molar-refractivity contribution in [2.24, 2.45) is 0 Å². The first-order valence-corrected chi connectivity index (χ1v) is 3.25. The van der Waals surface area contributed by atoms with Crippen molar-refractivity contribution in [3.05, 3.63) is 6.61 Å². The van der Waals surface area contributed by atoms with Gasteiger partial charge in [-0.25, -0.2) is 0 Å². The van der Waals surface area contributed by atoms with Crippen LogP contribution in [0.25, 0.3) is 0 Å². The first-order chi connectivity index (χ1) is 4.85. The number of hydrogen-bond acceptors (Lipinski definition) is 4. The zero-order valence-corrected chi connectivity index (χ0v) is 5.90. The van der Waals surface area contributed by atoms with E-state index in [0.29, 0.717) is 19.6 Å². The summed E-state index contributed by atoms with van der Waals surface area (Å²) in [6, 6.07) is 0. The monoisotopic (exact) mass is 148 g/mol. The molecule has 0 aliphatic heterocycles. The van der Waals surface area contributed by atoms with Crippen molar-refractivity contribution in [1.82, 2.24) is 4.90 Å². The fraction of sp³-hybridized carbons (Fsp3) is 0.833. The minimum atomic E-state index is 0.0494. The summed E-state index contributed by atoms with van der Waals surface area (Å²) < 4.78 is 0. The molecule has 0 saturated carbocycles. The van der Waals surface area contributed by atoms with E-state index in [2.05, 4.69) is 0 Å². The van der Waals surface area contributed by atoms with Crippen LogP contribution in [0.5, 0.6) is 0 Å². The van der Waals surface area contributed by atoms with Crippen molar-refractivity contribution in [3.8, 4) is 0 Å². The van der Waals surface area contributed by atoms with Gasteiger partial charge in [0.15, 0.2) is 0 Å². The lowest BCUT2D eigenvalue weighted by Crippen LogP contribution is -2.30. The Labute approximate surface area is 60.7 Å². The van der Waals surface area contributed by atoms with Crippen molar-refractivity contribution in [2.45, 2.75) is 0 Å². The highest BCUT2D eigenvalue weighted by Gasteiger charge is 2.00. The van der Waals surface area contributed by atoms with Crippen LogP contribution in [-0.4, -0.2) is 53.1 Å². The van der Waals surface area contributed by atoms with Crippen LogP contribution in [0, 0.1) is 6.61 Å². The quantitative estimate of drug-likeness (QED) is 0.443. The highest BCUT2D eigenvalue weighted by molar-refractivity contribution is 4.60. The molecule has 0 amide bonds. The Bertz CT molecular complexity index is 55.7. The fourth-order valence-corrected chi connectivity index (χ4v) is 0.693. The maximum Gasteiger partial charge on any atom is 0.0938 e. The Morgan fingerprint density at radius 2 is 1.60 bits per heavy atom. The van der Waals surface area contributed by atoms with Gasteiger partial charge in [0.2, 0.25) is 0 Å². The summed E-state index contributed by atoms with van der Waals surface area (Å²) in [5.74, 6) is 0. The van der Waals surface area contributed by atoms with E-state index in [-0.39, 0.29) is 13.2 Å². The Morgan fingerprint density at radius 1 is 1.10 bits per heavy atom. The van der Waals surface area contributed by atoms with Crippen molar-refractivity contribution in [3.63, 3.8) is 0 Å². The summed E-state index contributed by atoms with van der Waals surface area (Å²) in [4.78, 5) is 1.74. The second kappa shape index (κ2) is 6.95. The van der Waals surface area contributed by atoms with Gasteiger partial charge < -0.3 is 15.3 Å². The van der Waals surface area contributed by atoms with Gasteiger partial charge in [0.05, 0.1) is 19.8 Å². The van der Waals surface area contributed by atoms with Gasteiger partial charge in [0.25, 0.3) is 0 Å². The van der Waals surface area contributed by atoms with E-state index in [1.165, 1.54) is 0 Å². The molecule has 0 aromatic carbocycles. The van der Waals surface area contributed by atoms with E-state index in [4.69, 9.17) is 15.3 Å². The molecule has 0 aromatic heterocycles. The van der Waals surface area contributed by atoms with E-state index >= 15 is 0 Å². The minimum absolute atomic E-state index is 0.0494. The molecule has 0 bridgehead atoms. The highest BCUT2D eigenvalue weighted by atomic mass is 16.3. The van der Waals surface area contributed by atoms with Gasteiger partial charge in [-0.15, -0.1) is 0 Å². The van der Waals surface area contributed by atoms with Crippen LogP contribution in [-0.2, 0) is 0 Å². The Kier molecular flexibility index (Phi) is 6.84. The molecule has 10 heavy (non-hydrogen) atoms. The molecule has 0 aromatic rings. The average Bonchev–Trinajstić information content (AvgIpc) is 1.90. The van der Waals surface area contributed by atoms with Gasteiger partial charge in [0.1, 0.15) is 0 Å². The number of hydrogen-bond donors (Lipinski definition) is 3. The molecule has 61 valence electrons. The number of rotatable bonds is 6. The van der Waals surface area contributed by atoms with E-state index in [0.717, 1.165) is 6.61 Å². The zero-order chi connectivity index (χ0) is 7.82. The smallest absolute Gasteiger partial charge is 0.0938 e. The van der Waals surface area contributed by atoms with Gasteiger partial charge >= 0.3 is 0 Å². The third kappa shape index (κ3) is 4.69. The van der Waals surface area contributed by atoms with Crippen LogP contribution in [0.4, 0.5) is 0 Å². The third-order valence-corrected chi connectivity index (χ3v) is 1.17.